The smallest absolute Gasteiger partial charge is 0.129 e. The predicted molar refractivity (Wildman–Crippen MR) is 79.7 cm³/mol. The van der Waals surface area contributed by atoms with E-state index < -0.39 is 0 Å². The summed E-state index contributed by atoms with van der Waals surface area (Å²) in [6.07, 6.45) is 4.11. The minimum atomic E-state index is 0.809. The maximum atomic E-state index is 5.38. The van der Waals surface area contributed by atoms with Crippen LogP contribution in [0.5, 0.6) is 11.5 Å². The standard InChI is InChI=1S/C17H18O2/c1-13-7-4-5-8-14(13)11-12-15-16(18-2)9-6-10-17(15)19-3/h4-12H,1-3H3/b12-11+. The van der Waals surface area contributed by atoms with Crippen LogP contribution in [0.4, 0.5) is 0 Å². The Morgan fingerprint density at radius 3 is 2.00 bits per heavy atom. The Morgan fingerprint density at radius 1 is 0.789 bits per heavy atom. The van der Waals surface area contributed by atoms with Crippen LogP contribution in [-0.2, 0) is 0 Å². The molecule has 0 bridgehead atoms. The van der Waals surface area contributed by atoms with Crippen LogP contribution in [-0.4, -0.2) is 14.2 Å². The average molecular weight is 254 g/mol. The Bertz CT molecular complexity index is 563. The van der Waals surface area contributed by atoms with Gasteiger partial charge >= 0.3 is 0 Å². The molecule has 0 aromatic heterocycles. The van der Waals surface area contributed by atoms with Crippen LogP contribution in [0.25, 0.3) is 12.2 Å². The summed E-state index contributed by atoms with van der Waals surface area (Å²) in [5, 5.41) is 0. The predicted octanol–water partition coefficient (Wildman–Crippen LogP) is 4.18. The highest BCUT2D eigenvalue weighted by molar-refractivity contribution is 5.76. The Hall–Kier alpha value is -2.22. The monoisotopic (exact) mass is 254 g/mol. The van der Waals surface area contributed by atoms with Gasteiger partial charge in [0.15, 0.2) is 0 Å². The number of ether oxygens (including phenoxy) is 2. The molecule has 0 aliphatic rings. The minimum absolute atomic E-state index is 0.809. The fraction of sp³-hybridized carbons (Fsp3) is 0.176. The average Bonchev–Trinajstić information content (AvgIpc) is 2.46. The lowest BCUT2D eigenvalue weighted by molar-refractivity contribution is 0.392. The lowest BCUT2D eigenvalue weighted by Gasteiger charge is -2.09. The molecule has 0 saturated heterocycles. The van der Waals surface area contributed by atoms with E-state index in [-0.39, 0.29) is 0 Å². The van der Waals surface area contributed by atoms with Gasteiger partial charge in [0.2, 0.25) is 0 Å². The first-order valence-corrected chi connectivity index (χ1v) is 6.21. The Labute approximate surface area is 114 Å². The van der Waals surface area contributed by atoms with Crippen LogP contribution >= 0.6 is 0 Å². The van der Waals surface area contributed by atoms with E-state index in [1.807, 2.05) is 36.4 Å². The first kappa shape index (κ1) is 13.2. The summed E-state index contributed by atoms with van der Waals surface area (Å²) in [5.74, 6) is 1.62. The van der Waals surface area contributed by atoms with E-state index in [1.165, 1.54) is 11.1 Å². The lowest BCUT2D eigenvalue weighted by Crippen LogP contribution is -1.91. The van der Waals surface area contributed by atoms with Gasteiger partial charge in [-0.2, -0.15) is 0 Å². The molecule has 2 aromatic rings. The second-order valence-electron chi connectivity index (χ2n) is 4.27. The molecule has 0 aliphatic heterocycles. The Morgan fingerprint density at radius 2 is 1.42 bits per heavy atom. The third kappa shape index (κ3) is 2.97. The molecule has 0 fully saturated rings. The second kappa shape index (κ2) is 6.10. The summed E-state index contributed by atoms with van der Waals surface area (Å²) in [6.45, 7) is 2.10. The topological polar surface area (TPSA) is 18.5 Å². The van der Waals surface area contributed by atoms with Gasteiger partial charge < -0.3 is 9.47 Å². The zero-order chi connectivity index (χ0) is 13.7. The molecule has 0 saturated carbocycles. The van der Waals surface area contributed by atoms with Gasteiger partial charge in [0, 0.05) is 0 Å². The van der Waals surface area contributed by atoms with E-state index >= 15 is 0 Å². The zero-order valence-electron chi connectivity index (χ0n) is 11.5. The normalized spacial score (nSPS) is 10.7. The van der Waals surface area contributed by atoms with Crippen LogP contribution in [0.1, 0.15) is 16.7 Å². The zero-order valence-corrected chi connectivity index (χ0v) is 11.5. The van der Waals surface area contributed by atoms with Gasteiger partial charge in [0.25, 0.3) is 0 Å². The van der Waals surface area contributed by atoms with E-state index in [0.29, 0.717) is 0 Å². The van der Waals surface area contributed by atoms with Crippen molar-refractivity contribution >= 4 is 12.2 Å². The van der Waals surface area contributed by atoms with Crippen molar-refractivity contribution in [3.63, 3.8) is 0 Å². The highest BCUT2D eigenvalue weighted by Gasteiger charge is 2.06. The molecule has 0 spiro atoms. The fourth-order valence-electron chi connectivity index (χ4n) is 1.99. The Kier molecular flexibility index (Phi) is 4.24. The van der Waals surface area contributed by atoms with Crippen molar-refractivity contribution in [3.05, 3.63) is 59.2 Å². The number of aryl methyl sites for hydroxylation is 1. The molecule has 0 radical (unpaired) electrons. The fourth-order valence-corrected chi connectivity index (χ4v) is 1.99. The summed E-state index contributed by atoms with van der Waals surface area (Å²) in [7, 11) is 3.33. The molecule has 19 heavy (non-hydrogen) atoms. The Balaban J connectivity index is 2.40. The largest absolute Gasteiger partial charge is 0.496 e. The number of hydrogen-bond donors (Lipinski definition) is 0. The van der Waals surface area contributed by atoms with Crippen molar-refractivity contribution in [2.45, 2.75) is 6.92 Å². The van der Waals surface area contributed by atoms with Gasteiger partial charge in [0.1, 0.15) is 11.5 Å². The number of hydrogen-bond acceptors (Lipinski definition) is 2. The van der Waals surface area contributed by atoms with Crippen molar-refractivity contribution in [2.24, 2.45) is 0 Å². The summed E-state index contributed by atoms with van der Waals surface area (Å²) >= 11 is 0. The van der Waals surface area contributed by atoms with Crippen molar-refractivity contribution in [3.8, 4) is 11.5 Å². The second-order valence-corrected chi connectivity index (χ2v) is 4.27. The summed E-state index contributed by atoms with van der Waals surface area (Å²) < 4.78 is 10.8. The van der Waals surface area contributed by atoms with Crippen molar-refractivity contribution in [1.29, 1.82) is 0 Å². The molecule has 0 amide bonds. The molecule has 0 unspecified atom stereocenters. The van der Waals surface area contributed by atoms with Gasteiger partial charge in [-0.25, -0.2) is 0 Å². The van der Waals surface area contributed by atoms with Crippen molar-refractivity contribution in [2.75, 3.05) is 14.2 Å². The minimum Gasteiger partial charge on any atom is -0.496 e. The lowest BCUT2D eigenvalue weighted by atomic mass is 10.1. The molecule has 0 atom stereocenters. The van der Waals surface area contributed by atoms with E-state index in [0.717, 1.165) is 17.1 Å². The number of rotatable bonds is 4. The molecule has 2 heteroatoms. The first-order chi connectivity index (χ1) is 9.26. The van der Waals surface area contributed by atoms with Crippen LogP contribution < -0.4 is 9.47 Å². The van der Waals surface area contributed by atoms with Crippen LogP contribution in [0, 0.1) is 6.92 Å². The van der Waals surface area contributed by atoms with Crippen LogP contribution in [0.3, 0.4) is 0 Å². The summed E-state index contributed by atoms with van der Waals surface area (Å²) in [5.41, 5.74) is 3.39. The third-order valence-corrected chi connectivity index (χ3v) is 3.08. The van der Waals surface area contributed by atoms with Crippen molar-refractivity contribution < 1.29 is 9.47 Å². The molecule has 2 aromatic carbocycles. The van der Waals surface area contributed by atoms with Gasteiger partial charge in [-0.1, -0.05) is 36.4 Å². The third-order valence-electron chi connectivity index (χ3n) is 3.08. The quantitative estimate of drug-likeness (QED) is 0.762. The van der Waals surface area contributed by atoms with Gasteiger partial charge in [-0.05, 0) is 36.3 Å². The SMILES string of the molecule is COc1cccc(OC)c1/C=C/c1ccccc1C. The number of benzene rings is 2. The highest BCUT2D eigenvalue weighted by Crippen LogP contribution is 2.30. The molecule has 2 nitrogen and oxygen atoms in total. The molecule has 0 N–H and O–H groups in total. The van der Waals surface area contributed by atoms with Crippen LogP contribution in [0.15, 0.2) is 42.5 Å². The van der Waals surface area contributed by atoms with E-state index in [1.54, 1.807) is 14.2 Å². The van der Waals surface area contributed by atoms with Gasteiger partial charge in [0.05, 0.1) is 19.8 Å². The summed E-state index contributed by atoms with van der Waals surface area (Å²) in [6, 6.07) is 14.0. The van der Waals surface area contributed by atoms with Gasteiger partial charge in [-0.15, -0.1) is 0 Å². The highest BCUT2D eigenvalue weighted by atomic mass is 16.5. The maximum Gasteiger partial charge on any atom is 0.129 e. The van der Waals surface area contributed by atoms with Crippen molar-refractivity contribution in [1.82, 2.24) is 0 Å². The molecule has 2 rings (SSSR count). The first-order valence-electron chi connectivity index (χ1n) is 6.21. The van der Waals surface area contributed by atoms with Crippen LogP contribution in [0.2, 0.25) is 0 Å². The number of methoxy groups -OCH3 is 2. The van der Waals surface area contributed by atoms with E-state index in [2.05, 4.69) is 25.1 Å². The van der Waals surface area contributed by atoms with E-state index in [9.17, 15) is 0 Å². The molecule has 98 valence electrons. The van der Waals surface area contributed by atoms with Gasteiger partial charge in [-0.3, -0.25) is 0 Å². The summed E-state index contributed by atoms with van der Waals surface area (Å²) in [4.78, 5) is 0. The maximum absolute atomic E-state index is 5.38. The molecule has 0 aliphatic carbocycles. The molecular weight excluding hydrogens is 236 g/mol. The molecule has 0 heterocycles. The van der Waals surface area contributed by atoms with E-state index in [4.69, 9.17) is 9.47 Å². The molecular formula is C17H18O2.